The Morgan fingerprint density at radius 2 is 1.06 bits per heavy atom. The third-order valence-electron chi connectivity index (χ3n) is 10.4. The number of hydrogen-bond acceptors (Lipinski definition) is 6. The van der Waals surface area contributed by atoms with E-state index in [9.17, 15) is 20.4 Å². The van der Waals surface area contributed by atoms with Crippen LogP contribution in [0.1, 0.15) is 187 Å². The van der Waals surface area contributed by atoms with Crippen molar-refractivity contribution in [2.75, 3.05) is 19.6 Å². The highest BCUT2D eigenvalue weighted by Crippen LogP contribution is 2.17. The molecule has 0 aliphatic carbocycles. The summed E-state index contributed by atoms with van der Waals surface area (Å²) < 4.78 is 0. The summed E-state index contributed by atoms with van der Waals surface area (Å²) in [6.45, 7) is 6.85. The third-order valence-corrected chi connectivity index (χ3v) is 10.4. The minimum Gasteiger partial charge on any atom is -0.391 e. The molecule has 0 bridgehead atoms. The first-order valence-electron chi connectivity index (χ1n) is 21.0. The Balaban J connectivity index is 0.000000482. The molecule has 0 saturated carbocycles. The maximum atomic E-state index is 10.1. The SMILES string of the molecule is CCCCCCCCCCCCC/C=C/C(O)C1CNCC1O.CCCCCCCCCCCCC/C=C/C(O)CC(O)C1CCCN1. The molecule has 6 N–H and O–H groups in total. The number of rotatable bonds is 30. The maximum Gasteiger partial charge on any atom is 0.0786 e. The molecule has 2 aliphatic heterocycles. The molecule has 0 aromatic carbocycles. The van der Waals surface area contributed by atoms with Crippen molar-refractivity contribution < 1.29 is 20.4 Å². The van der Waals surface area contributed by atoms with E-state index in [1.54, 1.807) is 0 Å². The first kappa shape index (κ1) is 45.3. The van der Waals surface area contributed by atoms with Gasteiger partial charge in [0.25, 0.3) is 0 Å². The van der Waals surface area contributed by atoms with E-state index in [2.05, 4.69) is 36.6 Å². The maximum absolute atomic E-state index is 10.1. The van der Waals surface area contributed by atoms with E-state index in [1.807, 2.05) is 12.2 Å². The molecular weight excluding hydrogens is 596 g/mol. The number of aliphatic hydroxyl groups is 4. The lowest BCUT2D eigenvalue weighted by Gasteiger charge is -2.19. The Hall–Kier alpha value is -0.760. The number of allylic oxidation sites excluding steroid dienone is 2. The average molecular weight is 679 g/mol. The van der Waals surface area contributed by atoms with Gasteiger partial charge in [-0.05, 0) is 45.1 Å². The summed E-state index contributed by atoms with van der Waals surface area (Å²) in [7, 11) is 0. The highest BCUT2D eigenvalue weighted by Gasteiger charge is 2.29. The van der Waals surface area contributed by atoms with Gasteiger partial charge in [-0.1, -0.05) is 167 Å². The van der Waals surface area contributed by atoms with Gasteiger partial charge in [0.1, 0.15) is 0 Å². The number of unbranched alkanes of at least 4 members (excludes halogenated alkanes) is 22. The van der Waals surface area contributed by atoms with Crippen LogP contribution in [0.5, 0.6) is 0 Å². The zero-order chi connectivity index (χ0) is 34.9. The zero-order valence-electron chi connectivity index (χ0n) is 31.8. The third kappa shape index (κ3) is 26.1. The lowest BCUT2D eigenvalue weighted by Crippen LogP contribution is -2.36. The standard InChI is InChI=1S/C22H43NO2.C20H39NO2/c1-2-3-4-5-6-7-8-9-10-11-12-13-14-16-20(24)19-22(25)21-17-15-18-23-21;1-2-3-4-5-6-7-8-9-10-11-12-13-14-15-19(22)18-16-21-17-20(18)23/h14,16,20-25H,2-13,15,17-19H2,1H3;14-15,18-23H,2-13,16-17H2,1H3/b16-14+;15-14+. The van der Waals surface area contributed by atoms with Crippen molar-refractivity contribution in [3.05, 3.63) is 24.3 Å². The predicted octanol–water partition coefficient (Wildman–Crippen LogP) is 9.29. The van der Waals surface area contributed by atoms with Crippen LogP contribution in [-0.2, 0) is 0 Å². The smallest absolute Gasteiger partial charge is 0.0786 e. The number of hydrogen-bond donors (Lipinski definition) is 6. The van der Waals surface area contributed by atoms with E-state index in [1.165, 1.54) is 141 Å². The highest BCUT2D eigenvalue weighted by molar-refractivity contribution is 4.97. The van der Waals surface area contributed by atoms with Crippen LogP contribution in [0, 0.1) is 5.92 Å². The fourth-order valence-electron chi connectivity index (χ4n) is 7.05. The van der Waals surface area contributed by atoms with Gasteiger partial charge >= 0.3 is 0 Å². The van der Waals surface area contributed by atoms with Crippen molar-refractivity contribution in [2.45, 2.75) is 218 Å². The van der Waals surface area contributed by atoms with Crippen LogP contribution in [0.25, 0.3) is 0 Å². The van der Waals surface area contributed by atoms with E-state index in [0.29, 0.717) is 19.5 Å². The lowest BCUT2D eigenvalue weighted by molar-refractivity contribution is 0.0680. The second-order valence-corrected chi connectivity index (χ2v) is 15.0. The molecule has 48 heavy (non-hydrogen) atoms. The van der Waals surface area contributed by atoms with E-state index in [0.717, 1.165) is 32.2 Å². The fraction of sp³-hybridized carbons (Fsp3) is 0.905. The molecule has 0 aromatic rings. The molecule has 0 spiro atoms. The van der Waals surface area contributed by atoms with Crippen molar-refractivity contribution in [3.8, 4) is 0 Å². The van der Waals surface area contributed by atoms with Gasteiger partial charge < -0.3 is 31.1 Å². The van der Waals surface area contributed by atoms with Crippen LogP contribution in [-0.4, -0.2) is 70.5 Å². The topological polar surface area (TPSA) is 105 Å². The van der Waals surface area contributed by atoms with Gasteiger partial charge in [-0.25, -0.2) is 0 Å². The molecule has 2 aliphatic rings. The summed E-state index contributed by atoms with van der Waals surface area (Å²) in [4.78, 5) is 0. The van der Waals surface area contributed by atoms with Gasteiger partial charge in [0.2, 0.25) is 0 Å². The van der Waals surface area contributed by atoms with Gasteiger partial charge in [-0.15, -0.1) is 0 Å². The van der Waals surface area contributed by atoms with Crippen molar-refractivity contribution in [3.63, 3.8) is 0 Å². The second kappa shape index (κ2) is 33.4. The molecular formula is C42H82N2O4. The van der Waals surface area contributed by atoms with Crippen LogP contribution in [0.4, 0.5) is 0 Å². The minimum atomic E-state index is -0.509. The quantitative estimate of drug-likeness (QED) is 0.0334. The second-order valence-electron chi connectivity index (χ2n) is 15.0. The molecule has 2 fully saturated rings. The highest BCUT2D eigenvalue weighted by atomic mass is 16.3. The summed E-state index contributed by atoms with van der Waals surface area (Å²) in [6, 6.07) is 0.176. The average Bonchev–Trinajstić information content (AvgIpc) is 3.78. The van der Waals surface area contributed by atoms with Crippen molar-refractivity contribution >= 4 is 0 Å². The summed E-state index contributed by atoms with van der Waals surface area (Å²) in [6.07, 6.45) is 40.8. The molecule has 284 valence electrons. The largest absolute Gasteiger partial charge is 0.391 e. The van der Waals surface area contributed by atoms with Crippen molar-refractivity contribution in [1.82, 2.24) is 10.6 Å². The van der Waals surface area contributed by atoms with E-state index < -0.39 is 24.4 Å². The summed E-state index contributed by atoms with van der Waals surface area (Å²) in [5, 5.41) is 46.2. The Labute approximate surface area is 298 Å². The molecule has 2 heterocycles. The minimum absolute atomic E-state index is 0.0384. The zero-order valence-corrected chi connectivity index (χ0v) is 31.8. The molecule has 6 heteroatoms. The fourth-order valence-corrected chi connectivity index (χ4v) is 7.05. The number of aliphatic hydroxyl groups excluding tert-OH is 4. The van der Waals surface area contributed by atoms with Crippen LogP contribution in [0.2, 0.25) is 0 Å². The Bertz CT molecular complexity index is 726. The molecule has 6 atom stereocenters. The van der Waals surface area contributed by atoms with Crippen LogP contribution < -0.4 is 10.6 Å². The molecule has 2 saturated heterocycles. The Kier molecular flexibility index (Phi) is 31.5. The molecule has 0 amide bonds. The summed E-state index contributed by atoms with van der Waals surface area (Å²) in [5.74, 6) is -0.0384. The predicted molar refractivity (Wildman–Crippen MR) is 206 cm³/mol. The van der Waals surface area contributed by atoms with E-state index >= 15 is 0 Å². The van der Waals surface area contributed by atoms with Gasteiger partial charge in [0.15, 0.2) is 0 Å². The first-order valence-corrected chi connectivity index (χ1v) is 21.0. The number of β-amino-alcohol motifs (C(OH)–C–C–N with tert-alkyl or cyclic N) is 1. The van der Waals surface area contributed by atoms with Crippen molar-refractivity contribution in [1.29, 1.82) is 0 Å². The van der Waals surface area contributed by atoms with Gasteiger partial charge in [-0.3, -0.25) is 0 Å². The Morgan fingerprint density at radius 1 is 0.604 bits per heavy atom. The van der Waals surface area contributed by atoms with Crippen LogP contribution in [0.15, 0.2) is 24.3 Å². The van der Waals surface area contributed by atoms with Gasteiger partial charge in [-0.2, -0.15) is 0 Å². The normalized spacial score (nSPS) is 21.6. The summed E-state index contributed by atoms with van der Waals surface area (Å²) in [5.41, 5.74) is 0. The summed E-state index contributed by atoms with van der Waals surface area (Å²) >= 11 is 0. The molecule has 6 unspecified atom stereocenters. The van der Waals surface area contributed by atoms with E-state index in [4.69, 9.17) is 0 Å². The molecule has 0 aromatic heterocycles. The van der Waals surface area contributed by atoms with Gasteiger partial charge in [0, 0.05) is 31.5 Å². The van der Waals surface area contributed by atoms with Crippen molar-refractivity contribution in [2.24, 2.45) is 5.92 Å². The molecule has 0 radical (unpaired) electrons. The van der Waals surface area contributed by atoms with Gasteiger partial charge in [0.05, 0.1) is 24.4 Å². The molecule has 6 nitrogen and oxygen atoms in total. The van der Waals surface area contributed by atoms with Crippen LogP contribution >= 0.6 is 0 Å². The number of nitrogens with one attached hydrogen (secondary N) is 2. The first-order chi connectivity index (χ1) is 23.5. The Morgan fingerprint density at radius 3 is 1.48 bits per heavy atom. The molecule has 2 rings (SSSR count). The lowest BCUT2D eigenvalue weighted by atomic mass is 9.98. The monoisotopic (exact) mass is 679 g/mol. The van der Waals surface area contributed by atoms with Crippen LogP contribution in [0.3, 0.4) is 0 Å². The van der Waals surface area contributed by atoms with E-state index in [-0.39, 0.29) is 12.0 Å².